The van der Waals surface area contributed by atoms with Crippen molar-refractivity contribution in [2.75, 3.05) is 4.90 Å². The van der Waals surface area contributed by atoms with E-state index in [9.17, 15) is 0 Å². The molecule has 0 fully saturated rings. The Balaban J connectivity index is 1.36. The van der Waals surface area contributed by atoms with Crippen LogP contribution < -0.4 is 4.90 Å². The highest BCUT2D eigenvalue weighted by atomic mass is 32.1. The summed E-state index contributed by atoms with van der Waals surface area (Å²) in [6, 6.07) is 62.2. The Morgan fingerprint density at radius 3 is 1.34 bits per heavy atom. The molecular formula is C62H63NS. The summed E-state index contributed by atoms with van der Waals surface area (Å²) in [5, 5.41) is 5.12. The number of anilines is 3. The summed E-state index contributed by atoms with van der Waals surface area (Å²) in [5.74, 6) is 0. The van der Waals surface area contributed by atoms with Gasteiger partial charge in [0.1, 0.15) is 0 Å². The molecule has 2 heteroatoms. The molecule has 9 aromatic rings. The van der Waals surface area contributed by atoms with Crippen molar-refractivity contribution in [3.8, 4) is 33.4 Å². The zero-order chi connectivity index (χ0) is 45.3. The molecule has 9 rings (SSSR count). The van der Waals surface area contributed by atoms with E-state index in [4.69, 9.17) is 0 Å². The maximum Gasteiger partial charge on any atom is 0.0540 e. The first kappa shape index (κ1) is 43.3. The summed E-state index contributed by atoms with van der Waals surface area (Å²) in [4.78, 5) is 2.57. The van der Waals surface area contributed by atoms with E-state index in [1.807, 2.05) is 11.3 Å². The van der Waals surface area contributed by atoms with Crippen LogP contribution in [0.15, 0.2) is 164 Å². The molecule has 0 N–H and O–H groups in total. The van der Waals surface area contributed by atoms with Gasteiger partial charge in [-0.25, -0.2) is 0 Å². The van der Waals surface area contributed by atoms with Gasteiger partial charge in [-0.15, -0.1) is 11.3 Å². The fourth-order valence-electron chi connectivity index (χ4n) is 9.22. The lowest BCUT2D eigenvalue weighted by atomic mass is 9.78. The second-order valence-electron chi connectivity index (χ2n) is 21.9. The van der Waals surface area contributed by atoms with Crippen LogP contribution in [0.25, 0.3) is 64.3 Å². The van der Waals surface area contributed by atoms with E-state index >= 15 is 0 Å². The van der Waals surface area contributed by atoms with Crippen molar-refractivity contribution in [1.29, 1.82) is 0 Å². The Bertz CT molecular complexity index is 3130. The van der Waals surface area contributed by atoms with Crippen molar-refractivity contribution in [2.24, 2.45) is 0 Å². The van der Waals surface area contributed by atoms with Crippen LogP contribution in [0.4, 0.5) is 17.1 Å². The molecule has 64 heavy (non-hydrogen) atoms. The molecule has 0 radical (unpaired) electrons. The molecule has 0 aliphatic carbocycles. The largest absolute Gasteiger partial charge is 0.309 e. The molecule has 0 spiro atoms. The number of rotatable bonds is 6. The van der Waals surface area contributed by atoms with Crippen molar-refractivity contribution in [1.82, 2.24) is 0 Å². The molecule has 0 aliphatic heterocycles. The fraction of sp³-hybridized carbons (Fsp3) is 0.258. The van der Waals surface area contributed by atoms with Crippen molar-refractivity contribution in [3.05, 3.63) is 186 Å². The molecule has 0 amide bonds. The lowest BCUT2D eigenvalue weighted by molar-refractivity contribution is 0.568. The second-order valence-corrected chi connectivity index (χ2v) is 23.0. The molecule has 0 unspecified atom stereocenters. The maximum absolute atomic E-state index is 2.57. The molecule has 0 saturated heterocycles. The van der Waals surface area contributed by atoms with Crippen molar-refractivity contribution < 1.29 is 0 Å². The van der Waals surface area contributed by atoms with E-state index in [-0.39, 0.29) is 21.7 Å². The Morgan fingerprint density at radius 1 is 0.359 bits per heavy atom. The average Bonchev–Trinajstić information content (AvgIpc) is 3.64. The molecular weight excluding hydrogens is 791 g/mol. The quantitative estimate of drug-likeness (QED) is 0.161. The van der Waals surface area contributed by atoms with Crippen molar-refractivity contribution >= 4 is 59.3 Å². The molecule has 0 atom stereocenters. The number of thiophene rings is 1. The van der Waals surface area contributed by atoms with Gasteiger partial charge in [-0.05, 0) is 102 Å². The van der Waals surface area contributed by atoms with Gasteiger partial charge in [-0.3, -0.25) is 0 Å². The topological polar surface area (TPSA) is 3.24 Å². The zero-order valence-electron chi connectivity index (χ0n) is 39.9. The summed E-state index contributed by atoms with van der Waals surface area (Å²) >= 11 is 1.89. The van der Waals surface area contributed by atoms with E-state index < -0.39 is 0 Å². The van der Waals surface area contributed by atoms with Crippen LogP contribution in [0.1, 0.15) is 105 Å². The van der Waals surface area contributed by atoms with E-state index in [0.29, 0.717) is 0 Å². The predicted molar refractivity (Wildman–Crippen MR) is 283 cm³/mol. The van der Waals surface area contributed by atoms with Gasteiger partial charge in [0, 0.05) is 42.6 Å². The first-order valence-electron chi connectivity index (χ1n) is 23.0. The van der Waals surface area contributed by atoms with E-state index in [1.54, 1.807) is 0 Å². The average molecular weight is 854 g/mol. The highest BCUT2D eigenvalue weighted by molar-refractivity contribution is 7.26. The van der Waals surface area contributed by atoms with Gasteiger partial charge in [0.05, 0.1) is 11.4 Å². The molecule has 8 aromatic carbocycles. The SMILES string of the molecule is CC(C)(C)c1cc(-c2cccc3cccc(-c4ccccc4N(c4cc(C(C)(C)C)cc(C(C)(C)C)c4)c4ccccc4-c4cccc5c4sc4ccccc45)c23)cc(C(C)(C)C)c1. The molecule has 0 saturated carbocycles. The molecule has 322 valence electrons. The monoisotopic (exact) mass is 853 g/mol. The lowest BCUT2D eigenvalue weighted by Crippen LogP contribution is -2.19. The molecule has 1 heterocycles. The zero-order valence-corrected chi connectivity index (χ0v) is 40.8. The van der Waals surface area contributed by atoms with E-state index in [0.717, 1.165) is 17.1 Å². The van der Waals surface area contributed by atoms with E-state index in [2.05, 4.69) is 252 Å². The smallest absolute Gasteiger partial charge is 0.0540 e. The van der Waals surface area contributed by atoms with Crippen LogP contribution >= 0.6 is 11.3 Å². The van der Waals surface area contributed by atoms with Gasteiger partial charge in [0.2, 0.25) is 0 Å². The minimum absolute atomic E-state index is 0.00240. The first-order chi connectivity index (χ1) is 30.3. The number of para-hydroxylation sites is 2. The van der Waals surface area contributed by atoms with Gasteiger partial charge in [-0.1, -0.05) is 217 Å². The number of fused-ring (bicyclic) bond motifs is 4. The van der Waals surface area contributed by atoms with Crippen LogP contribution in [-0.4, -0.2) is 0 Å². The fourth-order valence-corrected chi connectivity index (χ4v) is 10.5. The van der Waals surface area contributed by atoms with Crippen LogP contribution in [0.5, 0.6) is 0 Å². The molecule has 0 aliphatic rings. The number of hydrogen-bond acceptors (Lipinski definition) is 2. The Morgan fingerprint density at radius 2 is 0.781 bits per heavy atom. The van der Waals surface area contributed by atoms with Crippen LogP contribution in [-0.2, 0) is 21.7 Å². The summed E-state index contributed by atoms with van der Waals surface area (Å²) in [5.41, 5.74) is 16.1. The van der Waals surface area contributed by atoms with Crippen LogP contribution in [0.3, 0.4) is 0 Å². The van der Waals surface area contributed by atoms with Gasteiger partial charge >= 0.3 is 0 Å². The van der Waals surface area contributed by atoms with Gasteiger partial charge < -0.3 is 4.90 Å². The predicted octanol–water partition coefficient (Wildman–Crippen LogP) is 18.9. The summed E-state index contributed by atoms with van der Waals surface area (Å²) in [6.45, 7) is 28.0. The second kappa shape index (κ2) is 15.9. The highest BCUT2D eigenvalue weighted by Crippen LogP contribution is 2.50. The van der Waals surface area contributed by atoms with E-state index in [1.165, 1.54) is 86.6 Å². The first-order valence-corrected chi connectivity index (χ1v) is 23.8. The minimum Gasteiger partial charge on any atom is -0.309 e. The summed E-state index contributed by atoms with van der Waals surface area (Å²) < 4.78 is 2.63. The third-order valence-corrected chi connectivity index (χ3v) is 14.3. The highest BCUT2D eigenvalue weighted by Gasteiger charge is 2.28. The van der Waals surface area contributed by atoms with Crippen molar-refractivity contribution in [3.63, 3.8) is 0 Å². The lowest BCUT2D eigenvalue weighted by Gasteiger charge is -2.33. The number of benzene rings is 8. The summed E-state index contributed by atoms with van der Waals surface area (Å²) in [6.07, 6.45) is 0. The number of hydrogen-bond donors (Lipinski definition) is 0. The van der Waals surface area contributed by atoms with Gasteiger partial charge in [0.15, 0.2) is 0 Å². The number of nitrogens with zero attached hydrogens (tertiary/aromatic N) is 1. The normalized spacial score (nSPS) is 12.7. The Kier molecular flexibility index (Phi) is 10.8. The van der Waals surface area contributed by atoms with Crippen LogP contribution in [0.2, 0.25) is 0 Å². The Hall–Kier alpha value is -5.96. The Labute approximate surface area is 386 Å². The van der Waals surface area contributed by atoms with Crippen LogP contribution in [0, 0.1) is 0 Å². The third-order valence-electron chi connectivity index (χ3n) is 13.1. The maximum atomic E-state index is 2.57. The minimum atomic E-state index is -0.0680. The molecule has 1 aromatic heterocycles. The van der Waals surface area contributed by atoms with Gasteiger partial charge in [0.25, 0.3) is 0 Å². The molecule has 0 bridgehead atoms. The summed E-state index contributed by atoms with van der Waals surface area (Å²) in [7, 11) is 0. The third kappa shape index (κ3) is 8.07. The standard InChI is InChI=1S/C62H63NS/c1-59(2,3)42-34-41(35-43(36-42)60(4,5)6)47-27-19-22-40-23-20-28-51(57(40)47)48-24-13-16-31-54(48)63(46-38-44(61(7,8)9)37-45(39-46)62(10,11)12)55-32-17-14-25-49(55)52-29-21-30-53-50-26-15-18-33-56(50)64-58(52)53/h13-39H,1-12H3. The van der Waals surface area contributed by atoms with Crippen molar-refractivity contribution in [2.45, 2.75) is 105 Å². The molecule has 1 nitrogen and oxygen atoms in total. The van der Waals surface area contributed by atoms with Gasteiger partial charge in [-0.2, -0.15) is 0 Å².